The number of halogens is 1. The summed E-state index contributed by atoms with van der Waals surface area (Å²) in [7, 11) is -4.37. The van der Waals surface area contributed by atoms with E-state index in [2.05, 4.69) is 0 Å². The number of alkyl halides is 1. The number of benzene rings is 2. The molecule has 0 heterocycles. The van der Waals surface area contributed by atoms with E-state index < -0.39 is 30.3 Å². The van der Waals surface area contributed by atoms with Gasteiger partial charge in [-0.15, -0.1) is 11.6 Å². The van der Waals surface area contributed by atoms with Gasteiger partial charge in [-0.25, -0.2) is 0 Å². The van der Waals surface area contributed by atoms with Crippen molar-refractivity contribution in [3.8, 4) is 0 Å². The van der Waals surface area contributed by atoms with E-state index in [1.807, 2.05) is 13.8 Å². The van der Waals surface area contributed by atoms with Crippen LogP contribution in [0, 0.1) is 41.5 Å². The van der Waals surface area contributed by atoms with Crippen LogP contribution >= 0.6 is 18.7 Å². The van der Waals surface area contributed by atoms with Gasteiger partial charge >= 0.3 is 5.97 Å². The van der Waals surface area contributed by atoms with Crippen molar-refractivity contribution in [1.82, 2.24) is 0 Å². The molecule has 2 rings (SSSR count). The highest BCUT2D eigenvalue weighted by Gasteiger charge is 2.45. The lowest BCUT2D eigenvalue weighted by molar-refractivity contribution is -0.139. The summed E-state index contributed by atoms with van der Waals surface area (Å²) < 4.78 is 19.1. The third-order valence-corrected chi connectivity index (χ3v) is 7.75. The lowest BCUT2D eigenvalue weighted by atomic mass is 10.0. The van der Waals surface area contributed by atoms with Gasteiger partial charge < -0.3 is 9.30 Å². The summed E-state index contributed by atoms with van der Waals surface area (Å²) in [5.41, 5.74) is 3.15. The van der Waals surface area contributed by atoms with E-state index in [1.54, 1.807) is 52.0 Å². The molecule has 0 spiro atoms. The number of carbonyl (C=O) groups excluding carboxylic acids is 3. The molecule has 0 N–H and O–H groups in total. The number of hydrogen-bond acceptors (Lipinski definition) is 5. The van der Waals surface area contributed by atoms with Gasteiger partial charge in [0.05, 0.1) is 5.88 Å². The van der Waals surface area contributed by atoms with E-state index in [1.165, 1.54) is 0 Å². The first-order valence-electron chi connectivity index (χ1n) is 9.98. The second-order valence-corrected chi connectivity index (χ2v) is 11.0. The van der Waals surface area contributed by atoms with Crippen molar-refractivity contribution in [2.24, 2.45) is 0 Å². The highest BCUT2D eigenvalue weighted by atomic mass is 35.5. The molecule has 0 bridgehead atoms. The minimum atomic E-state index is -4.37. The van der Waals surface area contributed by atoms with Gasteiger partial charge in [0.25, 0.3) is 0 Å². The number of hydrogen-bond donors (Lipinski definition) is 0. The number of ether oxygens (including phenoxy) is 1. The normalized spacial score (nSPS) is 11.3. The fourth-order valence-corrected chi connectivity index (χ4v) is 6.44. The molecular weight excluding hydrogens is 435 g/mol. The van der Waals surface area contributed by atoms with Crippen molar-refractivity contribution in [3.05, 3.63) is 68.8 Å². The Hall–Kier alpha value is -2.23. The van der Waals surface area contributed by atoms with Crippen LogP contribution in [0.25, 0.3) is 0 Å². The van der Waals surface area contributed by atoms with Crippen LogP contribution in [-0.2, 0) is 14.1 Å². The van der Waals surface area contributed by atoms with Gasteiger partial charge in [0.2, 0.25) is 18.2 Å². The van der Waals surface area contributed by atoms with Crippen LogP contribution in [0.1, 0.15) is 54.1 Å². The summed E-state index contributed by atoms with van der Waals surface area (Å²) in [5.74, 6) is -0.819. The number of esters is 1. The van der Waals surface area contributed by atoms with E-state index in [0.29, 0.717) is 22.3 Å². The summed E-state index contributed by atoms with van der Waals surface area (Å²) in [6.45, 7) is 10.6. The van der Waals surface area contributed by atoms with Crippen molar-refractivity contribution >= 4 is 35.8 Å². The maximum atomic E-state index is 14.1. The standard InChI is InChI=1S/C24H28ClO5P/c1-14-9-16(3)21(17(4)10-14)23(27)31(29,13-20(26)30-8-7-25)24(28)22-18(5)11-15(2)12-19(22)6/h9-12H,7-8,13H2,1-6H3. The van der Waals surface area contributed by atoms with Crippen molar-refractivity contribution in [3.63, 3.8) is 0 Å². The van der Waals surface area contributed by atoms with E-state index in [-0.39, 0.29) is 23.6 Å². The third-order valence-electron chi connectivity index (χ3n) is 5.13. The molecular formula is C24H28ClO5P. The van der Waals surface area contributed by atoms with E-state index in [4.69, 9.17) is 16.3 Å². The predicted molar refractivity (Wildman–Crippen MR) is 124 cm³/mol. The van der Waals surface area contributed by atoms with Crippen molar-refractivity contribution < 1.29 is 23.7 Å². The van der Waals surface area contributed by atoms with Crippen LogP contribution in [0.3, 0.4) is 0 Å². The second-order valence-electron chi connectivity index (χ2n) is 7.97. The Labute approximate surface area is 188 Å². The maximum absolute atomic E-state index is 14.1. The Morgan fingerprint density at radius 1 is 0.774 bits per heavy atom. The van der Waals surface area contributed by atoms with E-state index in [9.17, 15) is 18.9 Å². The number of aryl methyl sites for hydroxylation is 6. The summed E-state index contributed by atoms with van der Waals surface area (Å²) in [6.07, 6.45) is -0.791. The topological polar surface area (TPSA) is 77.5 Å². The molecule has 0 radical (unpaired) electrons. The Kier molecular flexibility index (Phi) is 8.02. The molecule has 0 aliphatic carbocycles. The average Bonchev–Trinajstić information content (AvgIpc) is 2.64. The van der Waals surface area contributed by atoms with Gasteiger partial charge in [0.1, 0.15) is 12.8 Å². The molecule has 0 amide bonds. The molecule has 7 heteroatoms. The minimum absolute atomic E-state index is 0.0598. The van der Waals surface area contributed by atoms with Gasteiger partial charge in [-0.1, -0.05) is 35.4 Å². The van der Waals surface area contributed by atoms with Crippen LogP contribution in [0.15, 0.2) is 24.3 Å². The quantitative estimate of drug-likeness (QED) is 0.287. The molecule has 0 saturated heterocycles. The molecule has 31 heavy (non-hydrogen) atoms. The molecule has 5 nitrogen and oxygen atoms in total. The average molecular weight is 463 g/mol. The van der Waals surface area contributed by atoms with Gasteiger partial charge in [-0.05, 0) is 63.8 Å². The molecule has 0 aromatic heterocycles. The van der Waals surface area contributed by atoms with E-state index in [0.717, 1.165) is 11.1 Å². The van der Waals surface area contributed by atoms with Crippen LogP contribution in [0.5, 0.6) is 0 Å². The molecule has 0 aliphatic rings. The van der Waals surface area contributed by atoms with Crippen LogP contribution in [0.4, 0.5) is 0 Å². The summed E-state index contributed by atoms with van der Waals surface area (Å²) >= 11 is 5.57. The smallest absolute Gasteiger partial charge is 0.314 e. The fraction of sp³-hybridized carbons (Fsp3) is 0.375. The van der Waals surface area contributed by atoms with Gasteiger partial charge in [0, 0.05) is 11.1 Å². The highest BCUT2D eigenvalue weighted by molar-refractivity contribution is 7.96. The largest absolute Gasteiger partial charge is 0.464 e. The summed E-state index contributed by atoms with van der Waals surface area (Å²) in [6, 6.07) is 7.18. The van der Waals surface area contributed by atoms with Gasteiger partial charge in [-0.3, -0.25) is 14.4 Å². The molecule has 2 aromatic carbocycles. The fourth-order valence-electron chi connectivity index (χ4n) is 4.01. The monoisotopic (exact) mass is 462 g/mol. The third kappa shape index (κ3) is 5.34. The molecule has 0 saturated carbocycles. The van der Waals surface area contributed by atoms with Gasteiger partial charge in [0.15, 0.2) is 0 Å². The van der Waals surface area contributed by atoms with Crippen LogP contribution in [0.2, 0.25) is 0 Å². The van der Waals surface area contributed by atoms with Gasteiger partial charge in [-0.2, -0.15) is 0 Å². The van der Waals surface area contributed by atoms with E-state index >= 15 is 0 Å². The molecule has 166 valence electrons. The zero-order chi connectivity index (χ0) is 23.5. The minimum Gasteiger partial charge on any atom is -0.464 e. The Morgan fingerprint density at radius 3 is 1.45 bits per heavy atom. The Bertz CT molecular complexity index is 984. The lowest BCUT2D eigenvalue weighted by Crippen LogP contribution is -2.22. The first kappa shape index (κ1) is 25.0. The first-order chi connectivity index (χ1) is 14.4. The molecule has 2 aromatic rings. The van der Waals surface area contributed by atoms with Crippen LogP contribution < -0.4 is 0 Å². The molecule has 0 fully saturated rings. The maximum Gasteiger partial charge on any atom is 0.314 e. The Balaban J connectivity index is 2.68. The molecule has 0 atom stereocenters. The zero-order valence-electron chi connectivity index (χ0n) is 18.8. The second kappa shape index (κ2) is 9.93. The number of rotatable bonds is 8. The summed E-state index contributed by atoms with van der Waals surface area (Å²) in [5, 5.41) is 0. The molecule has 0 aliphatic heterocycles. The lowest BCUT2D eigenvalue weighted by Gasteiger charge is -2.20. The first-order valence-corrected chi connectivity index (χ1v) is 12.4. The highest BCUT2D eigenvalue weighted by Crippen LogP contribution is 2.53. The zero-order valence-corrected chi connectivity index (χ0v) is 20.4. The van der Waals surface area contributed by atoms with Crippen LogP contribution in [-0.4, -0.2) is 35.7 Å². The van der Waals surface area contributed by atoms with Crippen molar-refractivity contribution in [1.29, 1.82) is 0 Å². The number of carbonyl (C=O) groups is 3. The molecule has 0 unspecified atom stereocenters. The predicted octanol–water partition coefficient (Wildman–Crippen LogP) is 5.66. The Morgan fingerprint density at radius 2 is 1.13 bits per heavy atom. The summed E-state index contributed by atoms with van der Waals surface area (Å²) in [4.78, 5) is 39.6. The SMILES string of the molecule is Cc1cc(C)c(C(=O)P(=O)(CC(=O)OCCCl)C(=O)c2c(C)cc(C)cc2C)c(C)c1. The van der Waals surface area contributed by atoms with Crippen molar-refractivity contribution in [2.45, 2.75) is 41.5 Å². The van der Waals surface area contributed by atoms with Crippen molar-refractivity contribution in [2.75, 3.05) is 18.6 Å².